The largest absolute Gasteiger partial charge is 0.389 e. The molecule has 8 nitrogen and oxygen atoms in total. The average molecular weight is 317 g/mol. The lowest BCUT2D eigenvalue weighted by Crippen LogP contribution is -2.44. The van der Waals surface area contributed by atoms with E-state index in [9.17, 15) is 24.3 Å². The highest BCUT2D eigenvalue weighted by Gasteiger charge is 2.39. The molecule has 1 aromatic rings. The minimum atomic E-state index is -1.20. The van der Waals surface area contributed by atoms with Crippen LogP contribution in [0.5, 0.6) is 0 Å². The van der Waals surface area contributed by atoms with Crippen LogP contribution in [0.4, 0.5) is 4.79 Å². The maximum atomic E-state index is 12.2. The van der Waals surface area contributed by atoms with E-state index in [1.165, 1.54) is 11.9 Å². The average Bonchev–Trinajstić information content (AvgIpc) is 2.90. The minimum Gasteiger partial charge on any atom is -0.389 e. The lowest BCUT2D eigenvalue weighted by molar-refractivity contribution is -0.126. The number of hydrogen-bond donors (Lipinski definition) is 1. The van der Waals surface area contributed by atoms with E-state index >= 15 is 0 Å². The van der Waals surface area contributed by atoms with Crippen LogP contribution in [0.2, 0.25) is 0 Å². The Morgan fingerprint density at radius 1 is 1.00 bits per heavy atom. The van der Waals surface area contributed by atoms with Crippen molar-refractivity contribution in [3.63, 3.8) is 0 Å². The Morgan fingerprint density at radius 3 is 2.00 bits per heavy atom. The SMILES string of the molecule is CN1CC(=O)N(C[C@@H](O)CN2C(=O)c3ccccc3C2=O)C1=O. The van der Waals surface area contributed by atoms with Crippen LogP contribution in [0.3, 0.4) is 0 Å². The van der Waals surface area contributed by atoms with Crippen LogP contribution in [0.15, 0.2) is 24.3 Å². The zero-order valence-corrected chi connectivity index (χ0v) is 12.4. The zero-order valence-electron chi connectivity index (χ0n) is 12.4. The van der Waals surface area contributed by atoms with E-state index in [-0.39, 0.29) is 30.8 Å². The maximum absolute atomic E-state index is 12.2. The number of nitrogens with zero attached hydrogens (tertiary/aromatic N) is 3. The van der Waals surface area contributed by atoms with Gasteiger partial charge in [0.25, 0.3) is 11.8 Å². The number of imide groups is 2. The highest BCUT2D eigenvalue weighted by molar-refractivity contribution is 6.21. The first-order valence-electron chi connectivity index (χ1n) is 7.09. The third-order valence-electron chi connectivity index (χ3n) is 3.90. The maximum Gasteiger partial charge on any atom is 0.327 e. The molecule has 5 amide bonds. The molecule has 23 heavy (non-hydrogen) atoms. The lowest BCUT2D eigenvalue weighted by atomic mass is 10.1. The predicted octanol–water partition coefficient (Wildman–Crippen LogP) is -0.462. The van der Waals surface area contributed by atoms with E-state index in [1.807, 2.05) is 0 Å². The number of amides is 5. The van der Waals surface area contributed by atoms with Gasteiger partial charge in [-0.3, -0.25) is 24.2 Å². The molecular weight excluding hydrogens is 302 g/mol. The highest BCUT2D eigenvalue weighted by Crippen LogP contribution is 2.22. The molecule has 8 heteroatoms. The van der Waals surface area contributed by atoms with Crippen molar-refractivity contribution in [3.8, 4) is 0 Å². The van der Waals surface area contributed by atoms with Crippen LogP contribution in [-0.2, 0) is 4.79 Å². The summed E-state index contributed by atoms with van der Waals surface area (Å²) in [4.78, 5) is 50.9. The topological polar surface area (TPSA) is 98.2 Å². The molecule has 120 valence electrons. The summed E-state index contributed by atoms with van der Waals surface area (Å²) in [6.45, 7) is -0.568. The van der Waals surface area contributed by atoms with Crippen molar-refractivity contribution < 1.29 is 24.3 Å². The number of aliphatic hydroxyl groups is 1. The van der Waals surface area contributed by atoms with Gasteiger partial charge in [-0.25, -0.2) is 4.79 Å². The van der Waals surface area contributed by atoms with Gasteiger partial charge in [-0.2, -0.15) is 0 Å². The van der Waals surface area contributed by atoms with Crippen molar-refractivity contribution in [1.82, 2.24) is 14.7 Å². The summed E-state index contributed by atoms with van der Waals surface area (Å²) in [5.41, 5.74) is 0.579. The number of hydrogen-bond acceptors (Lipinski definition) is 5. The third-order valence-corrected chi connectivity index (χ3v) is 3.90. The molecule has 0 unspecified atom stereocenters. The summed E-state index contributed by atoms with van der Waals surface area (Å²) in [6.07, 6.45) is -1.20. The molecule has 0 spiro atoms. The molecule has 0 radical (unpaired) electrons. The van der Waals surface area contributed by atoms with Gasteiger partial charge in [-0.1, -0.05) is 12.1 Å². The predicted molar refractivity (Wildman–Crippen MR) is 77.6 cm³/mol. The molecule has 2 heterocycles. The number of aliphatic hydroxyl groups excluding tert-OH is 1. The van der Waals surface area contributed by atoms with E-state index in [1.54, 1.807) is 24.3 Å². The van der Waals surface area contributed by atoms with Crippen molar-refractivity contribution >= 4 is 23.8 Å². The highest BCUT2D eigenvalue weighted by atomic mass is 16.3. The van der Waals surface area contributed by atoms with Gasteiger partial charge in [-0.15, -0.1) is 0 Å². The monoisotopic (exact) mass is 317 g/mol. The Labute approximate surface area is 131 Å². The van der Waals surface area contributed by atoms with Gasteiger partial charge in [0.1, 0.15) is 6.54 Å². The van der Waals surface area contributed by atoms with Gasteiger partial charge in [0.15, 0.2) is 0 Å². The standard InChI is InChI=1S/C15H15N3O5/c1-16-8-12(20)17(15(16)23)6-9(19)7-18-13(21)10-4-2-3-5-11(10)14(18)22/h2-5,9,19H,6-8H2,1H3/t9-/m1/s1. The second-order valence-corrected chi connectivity index (χ2v) is 5.56. The molecule has 2 aliphatic rings. The Kier molecular flexibility index (Phi) is 3.61. The molecule has 0 aromatic heterocycles. The van der Waals surface area contributed by atoms with Gasteiger partial charge in [0.2, 0.25) is 5.91 Å². The molecule has 2 aliphatic heterocycles. The Morgan fingerprint density at radius 2 is 1.52 bits per heavy atom. The van der Waals surface area contributed by atoms with Crippen LogP contribution in [-0.4, -0.2) is 76.3 Å². The number of carbonyl (C=O) groups is 4. The fourth-order valence-corrected chi connectivity index (χ4v) is 2.73. The van der Waals surface area contributed by atoms with Crippen LogP contribution in [0.25, 0.3) is 0 Å². The van der Waals surface area contributed by atoms with Gasteiger partial charge >= 0.3 is 6.03 Å². The zero-order chi connectivity index (χ0) is 16.7. The first kappa shape index (κ1) is 15.2. The number of rotatable bonds is 4. The minimum absolute atomic E-state index is 0.0431. The molecule has 1 fully saturated rings. The Bertz CT molecular complexity index is 682. The quantitative estimate of drug-likeness (QED) is 0.598. The van der Waals surface area contributed by atoms with Crippen LogP contribution < -0.4 is 0 Å². The number of carbonyl (C=O) groups excluding carboxylic acids is 4. The lowest BCUT2D eigenvalue weighted by Gasteiger charge is -2.22. The van der Waals surface area contributed by atoms with Crippen molar-refractivity contribution in [2.24, 2.45) is 0 Å². The summed E-state index contributed by atoms with van der Waals surface area (Å²) in [7, 11) is 1.48. The summed E-state index contributed by atoms with van der Waals surface area (Å²) >= 11 is 0. The molecule has 1 aromatic carbocycles. The van der Waals surface area contributed by atoms with Crippen molar-refractivity contribution in [3.05, 3.63) is 35.4 Å². The third kappa shape index (κ3) is 2.46. The number of urea groups is 1. The molecule has 0 saturated carbocycles. The first-order valence-corrected chi connectivity index (χ1v) is 7.09. The van der Waals surface area contributed by atoms with Crippen LogP contribution in [0.1, 0.15) is 20.7 Å². The van der Waals surface area contributed by atoms with Crippen LogP contribution >= 0.6 is 0 Å². The normalized spacial score (nSPS) is 19.0. The Hall–Kier alpha value is -2.74. The van der Waals surface area contributed by atoms with E-state index in [0.717, 1.165) is 9.80 Å². The Balaban J connectivity index is 1.69. The number of likely N-dealkylation sites (N-methyl/N-ethyl adjacent to an activating group) is 1. The van der Waals surface area contributed by atoms with E-state index in [2.05, 4.69) is 0 Å². The molecule has 3 rings (SSSR count). The summed E-state index contributed by atoms with van der Waals surface area (Å²) < 4.78 is 0. The van der Waals surface area contributed by atoms with E-state index in [0.29, 0.717) is 0 Å². The molecule has 1 atom stereocenters. The van der Waals surface area contributed by atoms with Crippen molar-refractivity contribution in [2.45, 2.75) is 6.10 Å². The summed E-state index contributed by atoms with van der Waals surface area (Å²) in [5.74, 6) is -1.39. The summed E-state index contributed by atoms with van der Waals surface area (Å²) in [5, 5.41) is 10.1. The van der Waals surface area contributed by atoms with Gasteiger partial charge in [0.05, 0.1) is 30.3 Å². The van der Waals surface area contributed by atoms with Crippen molar-refractivity contribution in [1.29, 1.82) is 0 Å². The fourth-order valence-electron chi connectivity index (χ4n) is 2.73. The van der Waals surface area contributed by atoms with Gasteiger partial charge in [0, 0.05) is 7.05 Å². The second-order valence-electron chi connectivity index (χ2n) is 5.56. The smallest absolute Gasteiger partial charge is 0.327 e. The second kappa shape index (κ2) is 5.47. The number of β-amino-alcohol motifs (C(OH)–C–C–N with tert-alkyl or cyclic N) is 1. The number of benzene rings is 1. The van der Waals surface area contributed by atoms with Gasteiger partial charge in [-0.05, 0) is 12.1 Å². The number of fused-ring (bicyclic) bond motifs is 1. The van der Waals surface area contributed by atoms with Gasteiger partial charge < -0.3 is 10.0 Å². The summed E-state index contributed by atoms with van der Waals surface area (Å²) in [6, 6.07) is 5.90. The first-order chi connectivity index (χ1) is 10.9. The van der Waals surface area contributed by atoms with Crippen molar-refractivity contribution in [2.75, 3.05) is 26.7 Å². The molecule has 1 N–H and O–H groups in total. The molecule has 0 bridgehead atoms. The van der Waals surface area contributed by atoms with E-state index in [4.69, 9.17) is 0 Å². The molecule has 0 aliphatic carbocycles. The fraction of sp³-hybridized carbons (Fsp3) is 0.333. The van der Waals surface area contributed by atoms with E-state index < -0.39 is 29.9 Å². The van der Waals surface area contributed by atoms with Crippen LogP contribution in [0, 0.1) is 0 Å². The molecule has 1 saturated heterocycles. The molecular formula is C15H15N3O5.